The van der Waals surface area contributed by atoms with Crippen molar-refractivity contribution in [1.29, 1.82) is 0 Å². The highest BCUT2D eigenvalue weighted by atomic mass is 79.9. The Hall–Kier alpha value is -4.60. The van der Waals surface area contributed by atoms with Gasteiger partial charge in [0.25, 0.3) is 0 Å². The standard InChI is InChI=1S/C44H24Br4N4/c45-29-9-1-25(2-10-29)41-33-17-19-35(49-33)42(26-3-11-30(46)12-4-26)37-21-23-39(51-37)44(28-7-15-32(48)16-8-28)40-24-22-38(52-40)43(36-20-18-34(41)50-36)27-5-13-31(47)14-6-27/h1-24H. The van der Waals surface area contributed by atoms with Gasteiger partial charge in [-0.15, -0.1) is 0 Å². The van der Waals surface area contributed by atoms with E-state index in [-0.39, 0.29) is 0 Å². The molecule has 0 radical (unpaired) electrons. The minimum Gasteiger partial charge on any atom is -0.248 e. The summed E-state index contributed by atoms with van der Waals surface area (Å²) in [5.41, 5.74) is 14.5. The molecule has 0 N–H and O–H groups in total. The summed E-state index contributed by atoms with van der Waals surface area (Å²) in [6.07, 6.45) is 16.7. The van der Waals surface area contributed by atoms with Crippen molar-refractivity contribution in [2.24, 2.45) is 20.0 Å². The fourth-order valence-electron chi connectivity index (χ4n) is 6.74. The van der Waals surface area contributed by atoms with Crippen LogP contribution < -0.4 is 0 Å². The quantitative estimate of drug-likeness (QED) is 0.196. The van der Waals surface area contributed by atoms with E-state index < -0.39 is 0 Å². The van der Waals surface area contributed by atoms with Crippen molar-refractivity contribution in [1.82, 2.24) is 0 Å². The Labute approximate surface area is 334 Å². The van der Waals surface area contributed by atoms with Crippen molar-refractivity contribution in [2.75, 3.05) is 0 Å². The third-order valence-corrected chi connectivity index (χ3v) is 11.3. The molecular formula is C44H24Br4N4. The highest BCUT2D eigenvalue weighted by Crippen LogP contribution is 2.39. The molecule has 0 fully saturated rings. The maximum atomic E-state index is 5.34. The lowest BCUT2D eigenvalue weighted by Crippen LogP contribution is -2.03. The SMILES string of the molecule is Brc1ccc(C2=C3C=CC(=N3)C(c3ccc(Br)cc3)=C3C=CC(=N3)C(c3ccc(Br)cc3)=C3C=CC(=N3)C(c3ccc(Br)cc3)=C3C=CC2=N3)cc1. The van der Waals surface area contributed by atoms with Crippen LogP contribution in [0.1, 0.15) is 22.3 Å². The van der Waals surface area contributed by atoms with Gasteiger partial charge in [-0.25, -0.2) is 20.0 Å². The average molecular weight is 928 g/mol. The Morgan fingerprint density at radius 2 is 0.442 bits per heavy atom. The summed E-state index contributed by atoms with van der Waals surface area (Å²) in [6.45, 7) is 0. The Morgan fingerprint density at radius 3 is 0.635 bits per heavy atom. The third kappa shape index (κ3) is 6.28. The minimum absolute atomic E-state index is 0.830. The van der Waals surface area contributed by atoms with Gasteiger partial charge in [0.15, 0.2) is 0 Å². The van der Waals surface area contributed by atoms with Crippen LogP contribution in [0.15, 0.2) is 206 Å². The van der Waals surface area contributed by atoms with Crippen LogP contribution in [-0.4, -0.2) is 22.8 Å². The maximum absolute atomic E-state index is 5.34. The number of benzene rings is 4. The third-order valence-electron chi connectivity index (χ3n) is 9.14. The van der Waals surface area contributed by atoms with E-state index in [4.69, 9.17) is 20.0 Å². The molecule has 0 spiro atoms. The molecule has 0 saturated carbocycles. The van der Waals surface area contributed by atoms with Gasteiger partial charge in [-0.2, -0.15) is 0 Å². The summed E-state index contributed by atoms with van der Waals surface area (Å²) in [6, 6.07) is 33.3. The van der Waals surface area contributed by atoms with Gasteiger partial charge in [0.05, 0.1) is 45.6 Å². The zero-order valence-corrected chi connectivity index (χ0v) is 33.5. The van der Waals surface area contributed by atoms with Crippen molar-refractivity contribution in [3.05, 3.63) is 209 Å². The molecule has 0 amide bonds. The summed E-state index contributed by atoms with van der Waals surface area (Å²) >= 11 is 14.5. The minimum atomic E-state index is 0.830. The van der Waals surface area contributed by atoms with Gasteiger partial charge in [-0.05, 0) is 119 Å². The molecular weight excluding hydrogens is 904 g/mol. The number of allylic oxidation sites excluding steroid dienone is 12. The second-order valence-corrected chi connectivity index (χ2v) is 16.1. The van der Waals surface area contributed by atoms with E-state index in [0.717, 1.165) is 108 Å². The van der Waals surface area contributed by atoms with Gasteiger partial charge in [0.2, 0.25) is 0 Å². The predicted molar refractivity (Wildman–Crippen MR) is 231 cm³/mol. The number of hydrogen-bond donors (Lipinski definition) is 0. The van der Waals surface area contributed by atoms with Crippen molar-refractivity contribution < 1.29 is 0 Å². The van der Waals surface area contributed by atoms with Crippen LogP contribution in [0.2, 0.25) is 0 Å². The fraction of sp³-hybridized carbons (Fsp3) is 0. The largest absolute Gasteiger partial charge is 0.248 e. The van der Waals surface area contributed by atoms with E-state index >= 15 is 0 Å². The van der Waals surface area contributed by atoms with E-state index in [1.807, 2.05) is 0 Å². The normalized spacial score (nSPS) is 17.5. The Kier molecular flexibility index (Phi) is 8.79. The Balaban J connectivity index is 1.36. The summed E-state index contributed by atoms with van der Waals surface area (Å²) in [4.78, 5) is 21.4. The van der Waals surface area contributed by atoms with E-state index in [0.29, 0.717) is 0 Å². The predicted octanol–water partition coefficient (Wildman–Crippen LogP) is 12.7. The molecule has 0 atom stereocenters. The van der Waals surface area contributed by atoms with Gasteiger partial charge in [0.1, 0.15) is 0 Å². The van der Waals surface area contributed by atoms with Gasteiger partial charge < -0.3 is 0 Å². The second-order valence-electron chi connectivity index (χ2n) is 12.4. The van der Waals surface area contributed by atoms with Gasteiger partial charge in [0, 0.05) is 40.2 Å². The molecule has 8 bridgehead atoms. The average Bonchev–Trinajstić information content (AvgIpc) is 3.99. The molecule has 0 saturated heterocycles. The molecule has 9 rings (SSSR count). The highest BCUT2D eigenvalue weighted by Gasteiger charge is 2.27. The molecule has 8 heteroatoms. The first kappa shape index (κ1) is 33.3. The molecule has 0 unspecified atom stereocenters. The molecule has 0 aromatic heterocycles. The van der Waals surface area contributed by atoms with Crippen molar-refractivity contribution in [2.45, 2.75) is 0 Å². The van der Waals surface area contributed by atoms with Crippen LogP contribution in [0, 0.1) is 0 Å². The fourth-order valence-corrected chi connectivity index (χ4v) is 7.79. The highest BCUT2D eigenvalue weighted by molar-refractivity contribution is 9.11. The van der Waals surface area contributed by atoms with E-state index in [1.165, 1.54) is 0 Å². The number of nitrogens with zero attached hydrogens (tertiary/aromatic N) is 4. The van der Waals surface area contributed by atoms with Crippen LogP contribution in [0.4, 0.5) is 0 Å². The maximum Gasteiger partial charge on any atom is 0.0738 e. The first-order chi connectivity index (χ1) is 25.4. The summed E-state index contributed by atoms with van der Waals surface area (Å²) in [5, 5.41) is 0. The number of hydrogen-bond acceptors (Lipinski definition) is 4. The monoisotopic (exact) mass is 924 g/mol. The molecule has 5 aliphatic rings. The van der Waals surface area contributed by atoms with Gasteiger partial charge in [-0.1, -0.05) is 112 Å². The van der Waals surface area contributed by atoms with Crippen molar-refractivity contribution in [3.8, 4) is 0 Å². The number of halogens is 4. The number of rotatable bonds is 4. The molecule has 5 aliphatic heterocycles. The smallest absolute Gasteiger partial charge is 0.0738 e. The molecule has 0 aliphatic carbocycles. The molecule has 4 aromatic rings. The summed E-state index contributed by atoms with van der Waals surface area (Å²) in [7, 11) is 0. The molecule has 52 heavy (non-hydrogen) atoms. The Morgan fingerprint density at radius 1 is 0.250 bits per heavy atom. The van der Waals surface area contributed by atoms with Crippen LogP contribution in [0.3, 0.4) is 0 Å². The van der Waals surface area contributed by atoms with Crippen LogP contribution in [-0.2, 0) is 0 Å². The van der Waals surface area contributed by atoms with Crippen LogP contribution in [0.5, 0.6) is 0 Å². The van der Waals surface area contributed by atoms with Crippen molar-refractivity contribution in [3.63, 3.8) is 0 Å². The lowest BCUT2D eigenvalue weighted by molar-refractivity contribution is 1.40. The molecule has 248 valence electrons. The zero-order chi connectivity index (χ0) is 35.3. The number of aliphatic imine (C=N–C) groups is 4. The second kappa shape index (κ2) is 13.7. The number of fused-ring (bicyclic) bond motifs is 4. The van der Waals surface area contributed by atoms with E-state index in [2.05, 4.69) is 209 Å². The lowest BCUT2D eigenvalue weighted by atomic mass is 9.98. The summed E-state index contributed by atoms with van der Waals surface area (Å²) < 4.78 is 4.02. The molecule has 4 aromatic carbocycles. The van der Waals surface area contributed by atoms with Crippen LogP contribution >= 0.6 is 63.7 Å². The van der Waals surface area contributed by atoms with Gasteiger partial charge in [-0.3, -0.25) is 0 Å². The zero-order valence-electron chi connectivity index (χ0n) is 27.2. The van der Waals surface area contributed by atoms with Crippen LogP contribution in [0.25, 0.3) is 22.3 Å². The summed E-state index contributed by atoms with van der Waals surface area (Å²) in [5.74, 6) is 0. The topological polar surface area (TPSA) is 49.4 Å². The van der Waals surface area contributed by atoms with Gasteiger partial charge >= 0.3 is 0 Å². The first-order valence-electron chi connectivity index (χ1n) is 16.5. The molecule has 4 nitrogen and oxygen atoms in total. The first-order valence-corrected chi connectivity index (χ1v) is 19.6. The molecule has 5 heterocycles. The van der Waals surface area contributed by atoms with E-state index in [9.17, 15) is 0 Å². The Bertz CT molecular complexity index is 2220. The van der Waals surface area contributed by atoms with E-state index in [1.54, 1.807) is 0 Å². The lowest BCUT2D eigenvalue weighted by Gasteiger charge is -2.13. The van der Waals surface area contributed by atoms with Crippen molar-refractivity contribution >= 4 is 109 Å².